The number of hydrogen-bond acceptors (Lipinski definition) is 5. The summed E-state index contributed by atoms with van der Waals surface area (Å²) in [7, 11) is -3.25. The molecule has 0 amide bonds. The van der Waals surface area contributed by atoms with Crippen molar-refractivity contribution in [1.82, 2.24) is 4.98 Å². The van der Waals surface area contributed by atoms with Crippen LogP contribution in [0.2, 0.25) is 0 Å². The van der Waals surface area contributed by atoms with Crippen LogP contribution in [0.1, 0.15) is 17.7 Å². The second-order valence-electron chi connectivity index (χ2n) is 3.19. The van der Waals surface area contributed by atoms with Gasteiger partial charge in [0.15, 0.2) is 5.13 Å². The maximum absolute atomic E-state index is 11.5. The molecule has 0 bridgehead atoms. The van der Waals surface area contributed by atoms with Crippen LogP contribution in [-0.4, -0.2) is 25.7 Å². The van der Waals surface area contributed by atoms with E-state index in [-0.39, 0.29) is 5.75 Å². The van der Waals surface area contributed by atoms with Gasteiger partial charge in [-0.25, -0.2) is 13.4 Å². The van der Waals surface area contributed by atoms with Crippen LogP contribution in [0.25, 0.3) is 0 Å². The van der Waals surface area contributed by atoms with Gasteiger partial charge in [0.2, 0.25) is 10.0 Å². The Balaban J connectivity index is 2.49. The zero-order valence-corrected chi connectivity index (χ0v) is 10.2. The van der Waals surface area contributed by atoms with Crippen LogP contribution in [0.4, 0.5) is 5.13 Å². The van der Waals surface area contributed by atoms with Gasteiger partial charge in [0, 0.05) is 11.1 Å². The molecule has 0 saturated carbocycles. The van der Waals surface area contributed by atoms with E-state index in [0.717, 1.165) is 11.3 Å². The second-order valence-corrected chi connectivity index (χ2v) is 6.27. The number of hydrogen-bond donors (Lipinski definition) is 2. The molecule has 0 radical (unpaired) electrons. The summed E-state index contributed by atoms with van der Waals surface area (Å²) in [4.78, 5) is 4.91. The van der Waals surface area contributed by atoms with Crippen LogP contribution in [0, 0.1) is 6.92 Å². The fourth-order valence-electron chi connectivity index (χ4n) is 1.02. The first kappa shape index (κ1) is 12.4. The number of anilines is 1. The molecule has 0 aliphatic heterocycles. The molecule has 0 unspecified atom stereocenters. The average Bonchev–Trinajstić information content (AvgIpc) is 2.50. The van der Waals surface area contributed by atoms with Gasteiger partial charge in [-0.05, 0) is 26.3 Å². The van der Waals surface area contributed by atoms with Crippen molar-refractivity contribution >= 4 is 26.5 Å². The lowest BCUT2D eigenvalue weighted by molar-refractivity contribution is 0.597. The summed E-state index contributed by atoms with van der Waals surface area (Å²) < 4.78 is 25.4. The lowest BCUT2D eigenvalue weighted by Gasteiger charge is -2.03. The van der Waals surface area contributed by atoms with E-state index in [2.05, 4.69) is 9.71 Å². The fourth-order valence-corrected chi connectivity index (χ4v) is 3.09. The normalized spacial score (nSPS) is 11.6. The van der Waals surface area contributed by atoms with E-state index >= 15 is 0 Å². The fraction of sp³-hybridized carbons (Fsp3) is 0.625. The van der Waals surface area contributed by atoms with E-state index in [4.69, 9.17) is 5.73 Å². The molecule has 1 heterocycles. The molecule has 7 heteroatoms. The van der Waals surface area contributed by atoms with E-state index in [0.29, 0.717) is 18.1 Å². The number of unbranched alkanes of at least 4 members (excludes halogenated alkanes) is 1. The predicted octanol–water partition coefficient (Wildman–Crippen LogP) is 0.932. The van der Waals surface area contributed by atoms with Crippen LogP contribution in [0.15, 0.2) is 6.20 Å². The van der Waals surface area contributed by atoms with Crippen molar-refractivity contribution in [3.05, 3.63) is 11.1 Å². The van der Waals surface area contributed by atoms with Crippen molar-refractivity contribution in [3.63, 3.8) is 0 Å². The Hall–Kier alpha value is -0.660. The van der Waals surface area contributed by atoms with Crippen LogP contribution in [-0.2, 0) is 10.0 Å². The van der Waals surface area contributed by atoms with Crippen molar-refractivity contribution < 1.29 is 8.42 Å². The smallest absolute Gasteiger partial charge is 0.234 e. The second kappa shape index (κ2) is 5.43. The van der Waals surface area contributed by atoms with Crippen LogP contribution in [0.3, 0.4) is 0 Å². The summed E-state index contributed by atoms with van der Waals surface area (Å²) >= 11 is 1.33. The molecule has 3 N–H and O–H groups in total. The van der Waals surface area contributed by atoms with E-state index in [1.807, 2.05) is 6.92 Å². The molecule has 0 atom stereocenters. The molecule has 1 aromatic heterocycles. The molecule has 1 aromatic rings. The first-order chi connectivity index (χ1) is 7.03. The Morgan fingerprint density at radius 3 is 2.80 bits per heavy atom. The zero-order valence-electron chi connectivity index (χ0n) is 8.56. The highest BCUT2D eigenvalue weighted by molar-refractivity contribution is 7.92. The monoisotopic (exact) mass is 249 g/mol. The molecule has 0 aliphatic carbocycles. The minimum absolute atomic E-state index is 0.100. The van der Waals surface area contributed by atoms with E-state index in [1.165, 1.54) is 11.3 Å². The largest absolute Gasteiger partial charge is 0.330 e. The van der Waals surface area contributed by atoms with Gasteiger partial charge in [-0.2, -0.15) is 0 Å². The molecular formula is C8H15N3O2S2. The van der Waals surface area contributed by atoms with E-state index in [1.54, 1.807) is 6.20 Å². The van der Waals surface area contributed by atoms with Crippen LogP contribution in [0.5, 0.6) is 0 Å². The summed E-state index contributed by atoms with van der Waals surface area (Å²) in [5, 5.41) is 0.431. The third-order valence-electron chi connectivity index (χ3n) is 1.73. The topological polar surface area (TPSA) is 85.1 Å². The number of nitrogens with one attached hydrogen (secondary N) is 1. The van der Waals surface area contributed by atoms with Gasteiger partial charge in [-0.3, -0.25) is 4.72 Å². The quantitative estimate of drug-likeness (QED) is 0.734. The first-order valence-electron chi connectivity index (χ1n) is 4.66. The van der Waals surface area contributed by atoms with Gasteiger partial charge in [0.25, 0.3) is 0 Å². The minimum Gasteiger partial charge on any atom is -0.330 e. The van der Waals surface area contributed by atoms with Crippen LogP contribution >= 0.6 is 11.3 Å². The van der Waals surface area contributed by atoms with Gasteiger partial charge in [-0.1, -0.05) is 0 Å². The predicted molar refractivity (Wildman–Crippen MR) is 62.5 cm³/mol. The summed E-state index contributed by atoms with van der Waals surface area (Å²) in [5.41, 5.74) is 5.29. The Labute approximate surface area is 93.8 Å². The van der Waals surface area contributed by atoms with Crippen molar-refractivity contribution in [2.24, 2.45) is 5.73 Å². The van der Waals surface area contributed by atoms with Gasteiger partial charge >= 0.3 is 0 Å². The summed E-state index contributed by atoms with van der Waals surface area (Å²) in [6.45, 7) is 2.40. The van der Waals surface area contributed by atoms with E-state index < -0.39 is 10.0 Å². The molecule has 0 spiro atoms. The number of nitrogens with two attached hydrogens (primary N) is 1. The number of sulfonamides is 1. The lowest BCUT2D eigenvalue weighted by Crippen LogP contribution is -2.17. The van der Waals surface area contributed by atoms with Crippen molar-refractivity contribution in [2.75, 3.05) is 17.0 Å². The van der Waals surface area contributed by atoms with Gasteiger partial charge in [0.05, 0.1) is 5.75 Å². The molecule has 15 heavy (non-hydrogen) atoms. The van der Waals surface area contributed by atoms with Crippen molar-refractivity contribution in [2.45, 2.75) is 19.8 Å². The van der Waals surface area contributed by atoms with Gasteiger partial charge in [-0.15, -0.1) is 11.3 Å². The van der Waals surface area contributed by atoms with Crippen LogP contribution < -0.4 is 10.5 Å². The molecular weight excluding hydrogens is 234 g/mol. The standard InChI is InChI=1S/C8H15N3O2S2/c1-7-6-10-8(14-7)11-15(12,13)5-3-2-4-9/h6H,2-5,9H2,1H3,(H,10,11). The van der Waals surface area contributed by atoms with Crippen molar-refractivity contribution in [3.8, 4) is 0 Å². The molecule has 5 nitrogen and oxygen atoms in total. The Kier molecular flexibility index (Phi) is 4.49. The summed E-state index contributed by atoms with van der Waals surface area (Å²) in [5.74, 6) is 0.100. The Bertz CT molecular complexity index is 400. The lowest BCUT2D eigenvalue weighted by atomic mass is 10.3. The Morgan fingerprint density at radius 2 is 2.27 bits per heavy atom. The molecule has 86 valence electrons. The molecule has 0 fully saturated rings. The average molecular weight is 249 g/mol. The number of aromatic nitrogens is 1. The molecule has 0 aliphatic rings. The number of aryl methyl sites for hydroxylation is 1. The zero-order chi connectivity index (χ0) is 11.3. The minimum atomic E-state index is -3.25. The van der Waals surface area contributed by atoms with E-state index in [9.17, 15) is 8.42 Å². The first-order valence-corrected chi connectivity index (χ1v) is 7.13. The third kappa shape index (κ3) is 4.59. The highest BCUT2D eigenvalue weighted by atomic mass is 32.2. The number of thiazole rings is 1. The highest BCUT2D eigenvalue weighted by Crippen LogP contribution is 2.18. The molecule has 1 rings (SSSR count). The molecule has 0 aromatic carbocycles. The van der Waals surface area contributed by atoms with Crippen molar-refractivity contribution in [1.29, 1.82) is 0 Å². The number of rotatable bonds is 6. The number of nitrogens with zero attached hydrogens (tertiary/aromatic N) is 1. The SMILES string of the molecule is Cc1cnc(NS(=O)(=O)CCCCN)s1. The summed E-state index contributed by atoms with van der Waals surface area (Å²) in [6, 6.07) is 0. The third-order valence-corrected chi connectivity index (χ3v) is 4.02. The maximum Gasteiger partial charge on any atom is 0.234 e. The Morgan fingerprint density at radius 1 is 1.53 bits per heavy atom. The molecule has 0 saturated heterocycles. The van der Waals surface area contributed by atoms with Gasteiger partial charge in [0.1, 0.15) is 0 Å². The maximum atomic E-state index is 11.5. The summed E-state index contributed by atoms with van der Waals surface area (Å²) in [6.07, 6.45) is 2.94. The van der Waals surface area contributed by atoms with Gasteiger partial charge < -0.3 is 5.73 Å². The highest BCUT2D eigenvalue weighted by Gasteiger charge is 2.11.